The van der Waals surface area contributed by atoms with Crippen LogP contribution in [0.2, 0.25) is 0 Å². The minimum absolute atomic E-state index is 0. The molecule has 8 atom stereocenters. The Balaban J connectivity index is 0.000000981. The van der Waals surface area contributed by atoms with Crippen LogP contribution in [0.15, 0.2) is 38.0 Å². The first-order valence-electron chi connectivity index (χ1n) is 32.6. The van der Waals surface area contributed by atoms with Crippen molar-refractivity contribution in [3.63, 3.8) is 0 Å². The Hall–Kier alpha value is -3.70. The molecule has 3 fully saturated rings. The predicted molar refractivity (Wildman–Crippen MR) is 350 cm³/mol. The van der Waals surface area contributed by atoms with Crippen LogP contribution in [0.1, 0.15) is 54.9 Å². The zero-order chi connectivity index (χ0) is 67.8. The summed E-state index contributed by atoms with van der Waals surface area (Å²) in [5.74, 6) is -2.03. The Morgan fingerprint density at radius 3 is 0.968 bits per heavy atom. The van der Waals surface area contributed by atoms with Crippen LogP contribution in [-0.2, 0) is 85.5 Å². The van der Waals surface area contributed by atoms with Gasteiger partial charge in [0.25, 0.3) is 0 Å². The largest absolute Gasteiger partial charge is 0.463 e. The van der Waals surface area contributed by atoms with Gasteiger partial charge < -0.3 is 96.5 Å². The van der Waals surface area contributed by atoms with Crippen molar-refractivity contribution < 1.29 is 106 Å². The quantitative estimate of drug-likeness (QED) is 0.0277. The highest BCUT2D eigenvalue weighted by Gasteiger charge is 2.33. The van der Waals surface area contributed by atoms with Crippen molar-refractivity contribution in [3.05, 3.63) is 38.0 Å². The summed E-state index contributed by atoms with van der Waals surface area (Å²) in [5.41, 5.74) is -0.860. The number of β-amino-alcohol motifs (C(OH)–C–C–N with tert-alkyl or cyclic N) is 4. The first kappa shape index (κ1) is 87.3. The van der Waals surface area contributed by atoms with E-state index in [1.54, 1.807) is 0 Å². The molecular formula is C65H122N6O22. The average Bonchev–Trinajstić information content (AvgIpc) is 1.72. The zero-order valence-electron chi connectivity index (χ0n) is 56.7. The Labute approximate surface area is 555 Å². The Morgan fingerprint density at radius 1 is 0.398 bits per heavy atom. The number of nitrogens with zero attached hydrogens (tertiary/aromatic N) is 6. The third-order valence-corrected chi connectivity index (χ3v) is 14.7. The van der Waals surface area contributed by atoms with E-state index in [4.69, 9.17) is 66.3 Å². The number of hydrogen-bond donors (Lipinski definition) is 4. The Bertz CT molecular complexity index is 1860. The van der Waals surface area contributed by atoms with Crippen molar-refractivity contribution in [2.24, 2.45) is 5.41 Å². The summed E-state index contributed by atoms with van der Waals surface area (Å²) in [6.07, 6.45) is 1.36. The van der Waals surface area contributed by atoms with Gasteiger partial charge in [-0.15, -0.1) is 0 Å². The molecule has 93 heavy (non-hydrogen) atoms. The average molecular weight is 1340 g/mol. The van der Waals surface area contributed by atoms with Gasteiger partial charge in [-0.1, -0.05) is 34.1 Å². The van der Waals surface area contributed by atoms with Crippen LogP contribution in [0.5, 0.6) is 0 Å². The maximum absolute atomic E-state index is 11.6. The molecule has 0 aromatic heterocycles. The van der Waals surface area contributed by atoms with Gasteiger partial charge in [0.05, 0.1) is 160 Å². The molecule has 0 bridgehead atoms. The molecular weight excluding hydrogens is 1220 g/mol. The second kappa shape index (κ2) is 54.3. The van der Waals surface area contributed by atoms with Crippen LogP contribution in [0.25, 0.3) is 0 Å². The van der Waals surface area contributed by atoms with Crippen LogP contribution in [-0.4, -0.2) is 373 Å². The second-order valence-corrected chi connectivity index (χ2v) is 23.9. The van der Waals surface area contributed by atoms with Gasteiger partial charge in [-0.3, -0.25) is 24.4 Å². The van der Waals surface area contributed by atoms with Crippen molar-refractivity contribution in [2.75, 3.05) is 251 Å². The Kier molecular flexibility index (Phi) is 51.0. The lowest BCUT2D eigenvalue weighted by atomic mass is 9.92. The molecule has 0 aromatic rings. The van der Waals surface area contributed by atoms with Gasteiger partial charge in [-0.25, -0.2) is 14.4 Å². The van der Waals surface area contributed by atoms with Crippen LogP contribution in [0, 0.1) is 5.41 Å². The van der Waals surface area contributed by atoms with E-state index in [1.807, 2.05) is 34.6 Å². The van der Waals surface area contributed by atoms with Gasteiger partial charge in [-0.05, 0) is 48.2 Å². The number of ether oxygens (including phenoxy) is 14. The number of likely N-dealkylation sites (N-methyl/N-ethyl adjacent to an activating group) is 2. The first-order valence-corrected chi connectivity index (χ1v) is 32.6. The molecule has 4 N–H and O–H groups in total. The lowest BCUT2D eigenvalue weighted by Crippen LogP contribution is -2.51. The highest BCUT2D eigenvalue weighted by molar-refractivity contribution is 5.81. The number of hydrogen-bond acceptors (Lipinski definition) is 28. The maximum Gasteiger partial charge on any atom is 0.330 e. The molecule has 3 heterocycles. The highest BCUT2D eigenvalue weighted by atomic mass is 16.6. The van der Waals surface area contributed by atoms with Gasteiger partial charge in [0.1, 0.15) is 26.4 Å². The standard InChI is InChI=1S/C38H78N6O10.C26H40O12.CH4/c1-31(23-49-27-35(45)19-41-11-7-39(5)8-12-41)52-26-34(4)54-30-38(48)22-44-17-15-43(16-18-44)20-36(46)28-50-24-32(2)51-25-33(3)53-29-37(47)21-42-13-9-40(6)10-14-42;1-5-9-25(30)38-17-13-34-21-26(18-31-10-14-35-22(27)6-2,19-32-11-15-36-23(28)7-3)20-33-12-16-37-24(29)8-4;/h31-38,45-48H,7-30H2,1-6H3;6-8H,2-5,9-21H2,1H3;1H4. The van der Waals surface area contributed by atoms with Gasteiger partial charge in [0.2, 0.25) is 0 Å². The van der Waals surface area contributed by atoms with Gasteiger partial charge in [0, 0.05) is 129 Å². The van der Waals surface area contributed by atoms with Crippen LogP contribution in [0.3, 0.4) is 0 Å². The molecule has 3 rings (SSSR count). The van der Waals surface area contributed by atoms with Crippen molar-refractivity contribution in [1.29, 1.82) is 0 Å². The highest BCUT2D eigenvalue weighted by Crippen LogP contribution is 2.21. The molecule has 0 aromatic carbocycles. The first-order chi connectivity index (χ1) is 44.2. The third kappa shape index (κ3) is 46.2. The van der Waals surface area contributed by atoms with Crippen molar-refractivity contribution >= 4 is 23.9 Å². The van der Waals surface area contributed by atoms with E-state index in [2.05, 4.69) is 63.2 Å². The van der Waals surface area contributed by atoms with E-state index in [0.29, 0.717) is 72.1 Å². The topological polar surface area (TPSA) is 298 Å². The number of esters is 4. The zero-order valence-corrected chi connectivity index (χ0v) is 56.7. The molecule has 0 radical (unpaired) electrons. The fraction of sp³-hybridized carbons (Fsp3) is 0.846. The fourth-order valence-electron chi connectivity index (χ4n) is 9.38. The predicted octanol–water partition coefficient (Wildman–Crippen LogP) is 0.402. The third-order valence-electron chi connectivity index (χ3n) is 14.7. The summed E-state index contributed by atoms with van der Waals surface area (Å²) >= 11 is 0. The molecule has 28 nitrogen and oxygen atoms in total. The minimum atomic E-state index is -0.860. The van der Waals surface area contributed by atoms with Crippen molar-refractivity contribution in [3.8, 4) is 0 Å². The number of carbonyl (C=O) groups excluding carboxylic acids is 4. The molecule has 0 amide bonds. The van der Waals surface area contributed by atoms with Crippen LogP contribution >= 0.6 is 0 Å². The van der Waals surface area contributed by atoms with Gasteiger partial charge in [0.15, 0.2) is 0 Å². The van der Waals surface area contributed by atoms with E-state index >= 15 is 0 Å². The molecule has 544 valence electrons. The fourth-order valence-corrected chi connectivity index (χ4v) is 9.38. The lowest BCUT2D eigenvalue weighted by molar-refractivity contribution is -0.149. The molecule has 28 heteroatoms. The Morgan fingerprint density at radius 2 is 0.667 bits per heavy atom. The number of carbonyl (C=O) groups is 4. The van der Waals surface area contributed by atoms with Gasteiger partial charge >= 0.3 is 23.9 Å². The summed E-state index contributed by atoms with van der Waals surface area (Å²) in [6, 6.07) is 0. The molecule has 0 aliphatic carbocycles. The molecule has 3 saturated heterocycles. The summed E-state index contributed by atoms with van der Waals surface area (Å²) in [7, 11) is 4.24. The number of rotatable bonds is 53. The van der Waals surface area contributed by atoms with E-state index in [1.165, 1.54) is 0 Å². The monoisotopic (exact) mass is 1340 g/mol. The number of aliphatic hydroxyl groups is 4. The van der Waals surface area contributed by atoms with Gasteiger partial charge in [-0.2, -0.15) is 0 Å². The molecule has 3 aliphatic heterocycles. The smallest absolute Gasteiger partial charge is 0.330 e. The normalized spacial score (nSPS) is 18.3. The summed E-state index contributed by atoms with van der Waals surface area (Å²) in [5, 5.41) is 41.8. The van der Waals surface area contributed by atoms with Crippen LogP contribution < -0.4 is 0 Å². The SMILES string of the molecule is C.C=CC(=O)OCCOCC(COCCOC(=O)C=C)(COCCOC(=O)C=C)COCCOC(=O)CCC.CC(COCC(O)CN1CCN(CC(O)COC(C)COC(C)COCC(O)CN2CCN(C)CC2)CC1)OCC(C)OCC(O)CN1CCN(C)CC1. The molecule has 0 saturated carbocycles. The second-order valence-electron chi connectivity index (χ2n) is 23.9. The maximum atomic E-state index is 11.6. The van der Waals surface area contributed by atoms with E-state index in [9.17, 15) is 39.6 Å². The van der Waals surface area contributed by atoms with Crippen LogP contribution in [0.4, 0.5) is 0 Å². The lowest BCUT2D eigenvalue weighted by Gasteiger charge is -2.36. The van der Waals surface area contributed by atoms with E-state index in [-0.39, 0.29) is 137 Å². The summed E-state index contributed by atoms with van der Waals surface area (Å²) in [4.78, 5) is 58.8. The summed E-state index contributed by atoms with van der Waals surface area (Å²) in [6.45, 7) is 36.6. The molecule has 3 aliphatic rings. The number of piperazine rings is 3. The summed E-state index contributed by atoms with van der Waals surface area (Å²) < 4.78 is 77.6. The van der Waals surface area contributed by atoms with E-state index < -0.39 is 47.7 Å². The van der Waals surface area contributed by atoms with Crippen molar-refractivity contribution in [2.45, 2.75) is 104 Å². The minimum Gasteiger partial charge on any atom is -0.463 e. The van der Waals surface area contributed by atoms with Crippen molar-refractivity contribution in [1.82, 2.24) is 29.4 Å². The molecule has 8 unspecified atom stereocenters. The number of aliphatic hydroxyl groups excluding tert-OH is 4. The van der Waals surface area contributed by atoms with E-state index in [0.717, 1.165) is 96.8 Å². The molecule has 0 spiro atoms.